The van der Waals surface area contributed by atoms with Gasteiger partial charge in [0.05, 0.1) is 12.8 Å². The molecule has 0 saturated heterocycles. The number of aryl methyl sites for hydroxylation is 2. The number of guanidine groups is 1. The predicted octanol–water partition coefficient (Wildman–Crippen LogP) is 2.91. The van der Waals surface area contributed by atoms with Crippen LogP contribution in [0.4, 0.5) is 0 Å². The third-order valence-corrected chi connectivity index (χ3v) is 4.47. The van der Waals surface area contributed by atoms with E-state index in [1.165, 1.54) is 16.8 Å². The first-order valence-corrected chi connectivity index (χ1v) is 8.50. The lowest BCUT2D eigenvalue weighted by Crippen LogP contribution is -2.39. The Labute approximate surface area is 173 Å². The zero-order valence-electron chi connectivity index (χ0n) is 16.5. The molecule has 0 unspecified atom stereocenters. The van der Waals surface area contributed by atoms with Crippen LogP contribution in [-0.4, -0.2) is 48.4 Å². The van der Waals surface area contributed by atoms with Gasteiger partial charge in [0.25, 0.3) is 0 Å². The summed E-state index contributed by atoms with van der Waals surface area (Å²) < 4.78 is 7.14. The van der Waals surface area contributed by atoms with E-state index in [1.54, 1.807) is 7.11 Å². The molecule has 7 heteroatoms. The summed E-state index contributed by atoms with van der Waals surface area (Å²) in [5.41, 5.74) is 4.85. The lowest BCUT2D eigenvalue weighted by atomic mass is 10.1. The van der Waals surface area contributed by atoms with Crippen LogP contribution in [0.3, 0.4) is 0 Å². The van der Waals surface area contributed by atoms with Gasteiger partial charge < -0.3 is 15.0 Å². The molecule has 1 heterocycles. The number of nitrogens with one attached hydrogen (secondary N) is 1. The number of ether oxygens (including phenoxy) is 1. The molecule has 0 saturated carbocycles. The number of halogens is 1. The van der Waals surface area contributed by atoms with Crippen molar-refractivity contribution in [3.63, 3.8) is 0 Å². The molecule has 0 aliphatic heterocycles. The SMILES string of the molecule is CN=C(NCCc1c(C)nn(C)c1C)N(C)Cc1ccc(OC)cc1.I. The Kier molecular flexibility index (Phi) is 8.91. The molecule has 0 fully saturated rings. The normalized spacial score (nSPS) is 11.1. The second-order valence-corrected chi connectivity index (χ2v) is 6.20. The van der Waals surface area contributed by atoms with E-state index in [0.717, 1.165) is 36.9 Å². The summed E-state index contributed by atoms with van der Waals surface area (Å²) in [6, 6.07) is 8.11. The van der Waals surface area contributed by atoms with Crippen LogP contribution in [0.2, 0.25) is 0 Å². The average Bonchev–Trinajstić information content (AvgIpc) is 2.85. The molecule has 1 N–H and O–H groups in total. The summed E-state index contributed by atoms with van der Waals surface area (Å²) in [5, 5.41) is 7.91. The first-order chi connectivity index (χ1) is 12.0. The molecule has 6 nitrogen and oxygen atoms in total. The standard InChI is InChI=1S/C19H29N5O.HI/c1-14-18(15(2)24(5)22-14)11-12-21-19(20-3)23(4)13-16-7-9-17(25-6)10-8-16;/h7-10H,11-13H2,1-6H3,(H,20,21);1H. The van der Waals surface area contributed by atoms with Crippen molar-refractivity contribution in [3.8, 4) is 5.75 Å². The summed E-state index contributed by atoms with van der Waals surface area (Å²) in [6.45, 7) is 5.79. The van der Waals surface area contributed by atoms with Gasteiger partial charge >= 0.3 is 0 Å². The molecule has 1 aromatic carbocycles. The highest BCUT2D eigenvalue weighted by Crippen LogP contribution is 2.13. The fraction of sp³-hybridized carbons (Fsp3) is 0.474. The van der Waals surface area contributed by atoms with Gasteiger partial charge in [0, 0.05) is 39.9 Å². The van der Waals surface area contributed by atoms with Gasteiger partial charge in [-0.15, -0.1) is 24.0 Å². The van der Waals surface area contributed by atoms with Crippen LogP contribution in [0.1, 0.15) is 22.5 Å². The predicted molar refractivity (Wildman–Crippen MR) is 118 cm³/mol. The summed E-state index contributed by atoms with van der Waals surface area (Å²) in [7, 11) is 7.52. The average molecular weight is 471 g/mol. The molecule has 144 valence electrons. The van der Waals surface area contributed by atoms with Gasteiger partial charge in [0.2, 0.25) is 0 Å². The lowest BCUT2D eigenvalue weighted by molar-refractivity contribution is 0.414. The zero-order chi connectivity index (χ0) is 18.4. The Morgan fingerprint density at radius 2 is 1.92 bits per heavy atom. The summed E-state index contributed by atoms with van der Waals surface area (Å²) in [4.78, 5) is 6.50. The van der Waals surface area contributed by atoms with E-state index in [9.17, 15) is 0 Å². The van der Waals surface area contributed by atoms with Crippen LogP contribution in [0, 0.1) is 13.8 Å². The van der Waals surface area contributed by atoms with Crippen LogP contribution >= 0.6 is 24.0 Å². The van der Waals surface area contributed by atoms with Crippen molar-refractivity contribution >= 4 is 29.9 Å². The number of hydrogen-bond donors (Lipinski definition) is 1. The second kappa shape index (κ2) is 10.4. The van der Waals surface area contributed by atoms with Gasteiger partial charge in [-0.3, -0.25) is 9.67 Å². The maximum Gasteiger partial charge on any atom is 0.193 e. The molecule has 0 amide bonds. The number of hydrogen-bond acceptors (Lipinski definition) is 3. The minimum atomic E-state index is 0. The van der Waals surface area contributed by atoms with E-state index in [2.05, 4.69) is 46.3 Å². The molecular formula is C19H30IN5O. The van der Waals surface area contributed by atoms with Crippen molar-refractivity contribution in [3.05, 3.63) is 46.8 Å². The number of benzene rings is 1. The van der Waals surface area contributed by atoms with E-state index in [4.69, 9.17) is 4.74 Å². The van der Waals surface area contributed by atoms with E-state index in [0.29, 0.717) is 0 Å². The third kappa shape index (κ3) is 5.62. The Morgan fingerprint density at radius 3 is 2.42 bits per heavy atom. The van der Waals surface area contributed by atoms with Crippen LogP contribution in [-0.2, 0) is 20.0 Å². The topological polar surface area (TPSA) is 54.7 Å². The Hall–Kier alpha value is -1.77. The van der Waals surface area contributed by atoms with Gasteiger partial charge in [-0.2, -0.15) is 5.10 Å². The van der Waals surface area contributed by atoms with Crippen molar-refractivity contribution in [1.82, 2.24) is 20.0 Å². The van der Waals surface area contributed by atoms with Crippen LogP contribution < -0.4 is 10.1 Å². The lowest BCUT2D eigenvalue weighted by Gasteiger charge is -2.22. The number of aromatic nitrogens is 2. The molecule has 0 bridgehead atoms. The molecule has 0 aliphatic carbocycles. The highest BCUT2D eigenvalue weighted by Gasteiger charge is 2.10. The Bertz CT molecular complexity index is 724. The molecule has 26 heavy (non-hydrogen) atoms. The molecule has 0 radical (unpaired) electrons. The third-order valence-electron chi connectivity index (χ3n) is 4.47. The second-order valence-electron chi connectivity index (χ2n) is 6.20. The van der Waals surface area contributed by atoms with E-state index in [1.807, 2.05) is 38.0 Å². The van der Waals surface area contributed by atoms with E-state index in [-0.39, 0.29) is 24.0 Å². The number of aliphatic imine (C=N–C) groups is 1. The van der Waals surface area contributed by atoms with Crippen molar-refractivity contribution in [2.75, 3.05) is 27.7 Å². The Morgan fingerprint density at radius 1 is 1.27 bits per heavy atom. The van der Waals surface area contributed by atoms with Gasteiger partial charge in [-0.1, -0.05) is 12.1 Å². The minimum absolute atomic E-state index is 0. The first kappa shape index (κ1) is 22.3. The smallest absolute Gasteiger partial charge is 0.193 e. The Balaban J connectivity index is 0.00000338. The molecular weight excluding hydrogens is 441 g/mol. The molecule has 2 rings (SSSR count). The van der Waals surface area contributed by atoms with Crippen molar-refractivity contribution in [1.29, 1.82) is 0 Å². The van der Waals surface area contributed by atoms with Crippen LogP contribution in [0.5, 0.6) is 5.75 Å². The van der Waals surface area contributed by atoms with Gasteiger partial charge in [-0.05, 0) is 43.5 Å². The molecule has 0 aliphatic rings. The minimum Gasteiger partial charge on any atom is -0.497 e. The number of nitrogens with zero attached hydrogens (tertiary/aromatic N) is 4. The number of methoxy groups -OCH3 is 1. The highest BCUT2D eigenvalue weighted by molar-refractivity contribution is 14.0. The summed E-state index contributed by atoms with van der Waals surface area (Å²) >= 11 is 0. The first-order valence-electron chi connectivity index (χ1n) is 8.50. The van der Waals surface area contributed by atoms with Crippen molar-refractivity contribution in [2.24, 2.45) is 12.0 Å². The molecule has 2 aromatic rings. The van der Waals surface area contributed by atoms with Gasteiger partial charge in [-0.25, -0.2) is 0 Å². The van der Waals surface area contributed by atoms with E-state index < -0.39 is 0 Å². The number of rotatable bonds is 6. The highest BCUT2D eigenvalue weighted by atomic mass is 127. The fourth-order valence-electron chi connectivity index (χ4n) is 2.94. The molecule has 0 atom stereocenters. The summed E-state index contributed by atoms with van der Waals surface area (Å²) in [6.07, 6.45) is 0.931. The quantitative estimate of drug-likeness (QED) is 0.400. The largest absolute Gasteiger partial charge is 0.497 e. The van der Waals surface area contributed by atoms with Crippen LogP contribution in [0.25, 0.3) is 0 Å². The maximum absolute atomic E-state index is 5.20. The van der Waals surface area contributed by atoms with Crippen molar-refractivity contribution < 1.29 is 4.74 Å². The van der Waals surface area contributed by atoms with E-state index >= 15 is 0 Å². The van der Waals surface area contributed by atoms with Gasteiger partial charge in [0.1, 0.15) is 5.75 Å². The molecule has 0 spiro atoms. The summed E-state index contributed by atoms with van der Waals surface area (Å²) in [5.74, 6) is 1.76. The monoisotopic (exact) mass is 471 g/mol. The zero-order valence-corrected chi connectivity index (χ0v) is 18.9. The molecule has 1 aromatic heterocycles. The van der Waals surface area contributed by atoms with Crippen molar-refractivity contribution in [2.45, 2.75) is 26.8 Å². The van der Waals surface area contributed by atoms with Gasteiger partial charge in [0.15, 0.2) is 5.96 Å². The fourth-order valence-corrected chi connectivity index (χ4v) is 2.94. The maximum atomic E-state index is 5.20. The van der Waals surface area contributed by atoms with Crippen LogP contribution in [0.15, 0.2) is 29.3 Å².